The third kappa shape index (κ3) is 8.05. The molecule has 3 aliphatic rings. The van der Waals surface area contributed by atoms with Gasteiger partial charge in [-0.2, -0.15) is 0 Å². The second kappa shape index (κ2) is 14.3. The molecule has 3 aromatic rings. The summed E-state index contributed by atoms with van der Waals surface area (Å²) >= 11 is 8.65. The highest BCUT2D eigenvalue weighted by Crippen LogP contribution is 2.47. The molecule has 0 spiro atoms. The zero-order valence-electron chi connectivity index (χ0n) is 31.5. The molecule has 3 aliphatic heterocycles. The standard InChI is InChI=1S/C39H56ClN3O5SSi/c1-37(2,3)48-36(44)43-23-28(22-39(43,7)25-46-33-14-10-11-18-45-33)42-17-12-13-26-19-27(40)20-31(34(26)42)30-15-16-41-32-21-29(49-35(30)32)24-47-50(8,9)38(4,5)6/h15-16,19-21,28,33H,10-14,17-18,22-25H2,1-9H3/t28-,33-,39-/m0/s1. The summed E-state index contributed by atoms with van der Waals surface area (Å²) in [5, 5.41) is 0.873. The van der Waals surface area contributed by atoms with E-state index in [1.165, 1.54) is 16.1 Å². The molecule has 0 bridgehead atoms. The van der Waals surface area contributed by atoms with E-state index in [-0.39, 0.29) is 23.5 Å². The Morgan fingerprint density at radius 1 is 1.12 bits per heavy atom. The highest BCUT2D eigenvalue weighted by Gasteiger charge is 2.49. The van der Waals surface area contributed by atoms with E-state index in [4.69, 9.17) is 35.2 Å². The molecule has 0 N–H and O–H groups in total. The number of pyridine rings is 1. The van der Waals surface area contributed by atoms with E-state index in [1.54, 1.807) is 11.3 Å². The average Bonchev–Trinajstić information content (AvgIpc) is 3.62. The number of ether oxygens (including phenoxy) is 3. The minimum Gasteiger partial charge on any atom is -0.444 e. The van der Waals surface area contributed by atoms with Crippen LogP contribution in [0.25, 0.3) is 21.3 Å². The quantitative estimate of drug-likeness (QED) is 0.213. The Hall–Kier alpha value is -2.21. The maximum atomic E-state index is 13.8. The Morgan fingerprint density at radius 3 is 2.60 bits per heavy atom. The van der Waals surface area contributed by atoms with Crippen LogP contribution in [0.15, 0.2) is 30.5 Å². The van der Waals surface area contributed by atoms with Crippen molar-refractivity contribution >= 4 is 53.3 Å². The molecule has 0 saturated carbocycles. The van der Waals surface area contributed by atoms with Gasteiger partial charge in [0.25, 0.3) is 0 Å². The monoisotopic (exact) mass is 741 g/mol. The maximum absolute atomic E-state index is 13.8. The van der Waals surface area contributed by atoms with Gasteiger partial charge in [-0.3, -0.25) is 9.88 Å². The molecular weight excluding hydrogens is 686 g/mol. The first-order chi connectivity index (χ1) is 23.4. The summed E-state index contributed by atoms with van der Waals surface area (Å²) in [7, 11) is -1.91. The van der Waals surface area contributed by atoms with Gasteiger partial charge in [0, 0.05) is 58.6 Å². The van der Waals surface area contributed by atoms with E-state index in [9.17, 15) is 4.79 Å². The Bertz CT molecular complexity index is 1700. The number of aromatic nitrogens is 1. The molecule has 2 fully saturated rings. The summed E-state index contributed by atoms with van der Waals surface area (Å²) in [5.41, 5.74) is 4.50. The van der Waals surface area contributed by atoms with Crippen LogP contribution >= 0.6 is 22.9 Å². The Labute approximate surface area is 308 Å². The van der Waals surface area contributed by atoms with E-state index in [0.717, 1.165) is 71.4 Å². The number of halogens is 1. The van der Waals surface area contributed by atoms with Crippen molar-refractivity contribution in [2.24, 2.45) is 0 Å². The lowest BCUT2D eigenvalue weighted by Crippen LogP contribution is -2.50. The molecule has 6 rings (SSSR count). The highest BCUT2D eigenvalue weighted by molar-refractivity contribution is 7.19. The molecule has 1 amide bonds. The molecule has 2 saturated heterocycles. The summed E-state index contributed by atoms with van der Waals surface area (Å²) in [6, 6.07) is 8.61. The SMILES string of the molecule is CC(C)(C)OC(=O)N1C[C@@H](N2CCCc3cc(Cl)cc(-c4ccnc5cc(CO[Si](C)(C)C(C)(C)C)sc45)c32)C[C@@]1(C)CO[C@H]1CCCCO1. The number of rotatable bonds is 8. The number of hydrogen-bond acceptors (Lipinski definition) is 8. The topological polar surface area (TPSA) is 73.4 Å². The summed E-state index contributed by atoms with van der Waals surface area (Å²) in [6.07, 6.45) is 7.11. The van der Waals surface area contributed by atoms with Crippen molar-refractivity contribution in [2.75, 3.05) is 31.2 Å². The van der Waals surface area contributed by atoms with Gasteiger partial charge >= 0.3 is 6.09 Å². The number of anilines is 1. The average molecular weight is 742 g/mol. The van der Waals surface area contributed by atoms with Crippen molar-refractivity contribution in [1.29, 1.82) is 0 Å². The van der Waals surface area contributed by atoms with Gasteiger partial charge in [-0.15, -0.1) is 11.3 Å². The molecule has 5 heterocycles. The lowest BCUT2D eigenvalue weighted by atomic mass is 9.91. The van der Waals surface area contributed by atoms with E-state index >= 15 is 0 Å². The van der Waals surface area contributed by atoms with Crippen LogP contribution in [0.3, 0.4) is 0 Å². The normalized spacial score (nSPS) is 23.4. The van der Waals surface area contributed by atoms with Crippen LogP contribution < -0.4 is 4.90 Å². The highest BCUT2D eigenvalue weighted by atomic mass is 35.5. The lowest BCUT2D eigenvalue weighted by molar-refractivity contribution is -0.177. The molecule has 11 heteroatoms. The van der Waals surface area contributed by atoms with Gasteiger partial charge in [0.1, 0.15) is 5.60 Å². The van der Waals surface area contributed by atoms with Crippen molar-refractivity contribution < 1.29 is 23.4 Å². The fraction of sp³-hybridized carbons (Fsp3) is 0.641. The van der Waals surface area contributed by atoms with Crippen LogP contribution in [-0.2, 0) is 31.7 Å². The molecule has 0 unspecified atom stereocenters. The van der Waals surface area contributed by atoms with Gasteiger partial charge in [0.05, 0.1) is 29.0 Å². The second-order valence-corrected chi connectivity index (χ2v) is 23.5. The van der Waals surface area contributed by atoms with Gasteiger partial charge in [-0.25, -0.2) is 4.79 Å². The zero-order chi connectivity index (χ0) is 36.1. The maximum Gasteiger partial charge on any atom is 0.410 e. The van der Waals surface area contributed by atoms with Crippen LogP contribution in [0.2, 0.25) is 23.2 Å². The number of nitrogens with zero attached hydrogens (tertiary/aromatic N) is 3. The number of fused-ring (bicyclic) bond motifs is 2. The first-order valence-electron chi connectivity index (χ1n) is 18.3. The Morgan fingerprint density at radius 2 is 1.90 bits per heavy atom. The second-order valence-electron chi connectivity index (χ2n) is 17.1. The molecule has 274 valence electrons. The minimum atomic E-state index is -1.91. The van der Waals surface area contributed by atoms with Gasteiger partial charge < -0.3 is 23.5 Å². The van der Waals surface area contributed by atoms with Crippen LogP contribution in [0.5, 0.6) is 0 Å². The van der Waals surface area contributed by atoms with Crippen LogP contribution in [0, 0.1) is 0 Å². The number of hydrogen-bond donors (Lipinski definition) is 0. The van der Waals surface area contributed by atoms with Gasteiger partial charge in [-0.1, -0.05) is 32.4 Å². The van der Waals surface area contributed by atoms with Crippen molar-refractivity contribution in [1.82, 2.24) is 9.88 Å². The molecule has 3 atom stereocenters. The molecule has 0 aliphatic carbocycles. The van der Waals surface area contributed by atoms with E-state index in [2.05, 4.69) is 70.0 Å². The molecule has 2 aromatic heterocycles. The van der Waals surface area contributed by atoms with Crippen LogP contribution in [0.1, 0.15) is 91.0 Å². The molecular formula is C39H56ClN3O5SSi. The molecule has 8 nitrogen and oxygen atoms in total. The van der Waals surface area contributed by atoms with Crippen molar-refractivity contribution in [3.8, 4) is 11.1 Å². The number of thiophene rings is 1. The first-order valence-corrected chi connectivity index (χ1v) is 22.4. The number of amides is 1. The molecule has 1 aromatic carbocycles. The fourth-order valence-corrected chi connectivity index (χ4v) is 9.58. The van der Waals surface area contributed by atoms with E-state index < -0.39 is 19.5 Å². The lowest BCUT2D eigenvalue weighted by Gasteiger charge is -2.38. The number of carbonyl (C=O) groups is 1. The summed E-state index contributed by atoms with van der Waals surface area (Å²) in [5.74, 6) is 0. The molecule has 0 radical (unpaired) electrons. The third-order valence-electron chi connectivity index (χ3n) is 10.9. The van der Waals surface area contributed by atoms with Crippen molar-refractivity contribution in [3.05, 3.63) is 45.9 Å². The van der Waals surface area contributed by atoms with Crippen LogP contribution in [-0.4, -0.2) is 74.1 Å². The predicted molar refractivity (Wildman–Crippen MR) is 207 cm³/mol. The zero-order valence-corrected chi connectivity index (χ0v) is 34.1. The van der Waals surface area contributed by atoms with Crippen molar-refractivity contribution in [3.63, 3.8) is 0 Å². The van der Waals surface area contributed by atoms with Gasteiger partial charge in [0.2, 0.25) is 0 Å². The van der Waals surface area contributed by atoms with Crippen molar-refractivity contribution in [2.45, 2.75) is 135 Å². The number of aryl methyl sites for hydroxylation is 1. The Balaban J connectivity index is 1.34. The smallest absolute Gasteiger partial charge is 0.410 e. The minimum absolute atomic E-state index is 0.0663. The van der Waals surface area contributed by atoms with E-state index in [1.807, 2.05) is 31.9 Å². The summed E-state index contributed by atoms with van der Waals surface area (Å²) in [4.78, 5) is 24.2. The third-order valence-corrected chi connectivity index (χ3v) is 16.7. The van der Waals surface area contributed by atoms with Gasteiger partial charge in [0.15, 0.2) is 14.6 Å². The summed E-state index contributed by atoms with van der Waals surface area (Å²) in [6.45, 7) is 22.4. The summed E-state index contributed by atoms with van der Waals surface area (Å²) < 4.78 is 26.0. The fourth-order valence-electron chi connectivity index (χ4n) is 7.23. The predicted octanol–water partition coefficient (Wildman–Crippen LogP) is 10.2. The van der Waals surface area contributed by atoms with Gasteiger partial charge in [-0.05, 0) is 114 Å². The van der Waals surface area contributed by atoms with Crippen LogP contribution in [0.4, 0.5) is 10.5 Å². The largest absolute Gasteiger partial charge is 0.444 e. The number of benzene rings is 1. The number of carbonyl (C=O) groups excluding carboxylic acids is 1. The first kappa shape index (κ1) is 37.5. The Kier molecular flexibility index (Phi) is 10.7. The van der Waals surface area contributed by atoms with E-state index in [0.29, 0.717) is 26.4 Å². The molecule has 50 heavy (non-hydrogen) atoms. The number of likely N-dealkylation sites (tertiary alicyclic amines) is 1.